The first kappa shape index (κ1) is 20.6. The number of rotatable bonds is 7. The number of carbonyl (C=O) groups excluding carboxylic acids is 2. The number of hydrogen-bond acceptors (Lipinski definition) is 3. The molecule has 158 valence electrons. The molecule has 0 radical (unpaired) electrons. The van der Waals surface area contributed by atoms with Gasteiger partial charge in [0.15, 0.2) is 0 Å². The predicted molar refractivity (Wildman–Crippen MR) is 117 cm³/mol. The van der Waals surface area contributed by atoms with Gasteiger partial charge in [-0.2, -0.15) is 0 Å². The van der Waals surface area contributed by atoms with Gasteiger partial charge >= 0.3 is 0 Å². The van der Waals surface area contributed by atoms with E-state index >= 15 is 0 Å². The minimum absolute atomic E-state index is 0.132. The molecule has 5 heteroatoms. The standard InChI is InChI=1S/C25H31N3O2/c1-19-4-2-5-21(16-19)17-23(29)28-14-9-25(10-15-28)18-22(25)24(30)27-11-3-6-20-7-12-26-13-8-20/h2,4-5,7-8,12-13,16,22H,3,6,9-11,14-15,17-18H2,1H3,(H,27,30)/t22-/m1/s1. The highest BCUT2D eigenvalue weighted by atomic mass is 16.2. The van der Waals surface area contributed by atoms with Crippen LogP contribution in [0.4, 0.5) is 0 Å². The zero-order chi connectivity index (χ0) is 21.0. The summed E-state index contributed by atoms with van der Waals surface area (Å²) in [6.45, 7) is 4.32. The maximum Gasteiger partial charge on any atom is 0.226 e. The first-order chi connectivity index (χ1) is 14.6. The number of nitrogens with one attached hydrogen (secondary N) is 1. The molecule has 1 atom stereocenters. The van der Waals surface area contributed by atoms with E-state index in [1.54, 1.807) is 12.4 Å². The third-order valence-corrected chi connectivity index (χ3v) is 6.75. The average Bonchev–Trinajstić information content (AvgIpc) is 3.45. The van der Waals surface area contributed by atoms with Crippen LogP contribution in [0.5, 0.6) is 0 Å². The Morgan fingerprint density at radius 2 is 1.90 bits per heavy atom. The van der Waals surface area contributed by atoms with Crippen molar-refractivity contribution in [3.8, 4) is 0 Å². The summed E-state index contributed by atoms with van der Waals surface area (Å²) in [5, 5.41) is 3.12. The van der Waals surface area contributed by atoms with Crippen molar-refractivity contribution in [1.29, 1.82) is 0 Å². The lowest BCUT2D eigenvalue weighted by Crippen LogP contribution is -2.41. The summed E-state index contributed by atoms with van der Waals surface area (Å²) >= 11 is 0. The molecule has 2 aliphatic rings. The van der Waals surface area contributed by atoms with Crippen LogP contribution in [-0.4, -0.2) is 41.3 Å². The van der Waals surface area contributed by atoms with Crippen molar-refractivity contribution < 1.29 is 9.59 Å². The molecule has 1 aliphatic carbocycles. The van der Waals surface area contributed by atoms with Crippen LogP contribution in [0.15, 0.2) is 48.8 Å². The van der Waals surface area contributed by atoms with Crippen molar-refractivity contribution >= 4 is 11.8 Å². The number of amides is 2. The molecular weight excluding hydrogens is 374 g/mol. The van der Waals surface area contributed by atoms with Gasteiger partial charge in [0.25, 0.3) is 0 Å². The third-order valence-electron chi connectivity index (χ3n) is 6.75. The van der Waals surface area contributed by atoms with E-state index in [2.05, 4.69) is 29.4 Å². The van der Waals surface area contributed by atoms with Crippen molar-refractivity contribution in [1.82, 2.24) is 15.2 Å². The Balaban J connectivity index is 1.18. The van der Waals surface area contributed by atoms with Gasteiger partial charge in [-0.3, -0.25) is 14.6 Å². The summed E-state index contributed by atoms with van der Waals surface area (Å²) in [7, 11) is 0. The highest BCUT2D eigenvalue weighted by molar-refractivity contribution is 5.83. The van der Waals surface area contributed by atoms with E-state index in [4.69, 9.17) is 0 Å². The fourth-order valence-corrected chi connectivity index (χ4v) is 4.76. The van der Waals surface area contributed by atoms with Gasteiger partial charge in [0.05, 0.1) is 6.42 Å². The van der Waals surface area contributed by atoms with Crippen LogP contribution in [0.25, 0.3) is 0 Å². The van der Waals surface area contributed by atoms with E-state index in [1.165, 1.54) is 11.1 Å². The molecule has 1 N–H and O–H groups in total. The third kappa shape index (κ3) is 4.89. The van der Waals surface area contributed by atoms with Gasteiger partial charge in [0.1, 0.15) is 0 Å². The van der Waals surface area contributed by atoms with E-state index in [-0.39, 0.29) is 23.1 Å². The largest absolute Gasteiger partial charge is 0.356 e. The molecular formula is C25H31N3O2. The first-order valence-electron chi connectivity index (χ1n) is 11.1. The Bertz CT molecular complexity index is 888. The molecule has 1 aromatic carbocycles. The molecule has 1 saturated heterocycles. The van der Waals surface area contributed by atoms with Crippen LogP contribution < -0.4 is 5.32 Å². The highest BCUT2D eigenvalue weighted by Gasteiger charge is 2.58. The highest BCUT2D eigenvalue weighted by Crippen LogP contribution is 2.59. The normalized spacial score (nSPS) is 19.5. The monoisotopic (exact) mass is 405 g/mol. The van der Waals surface area contributed by atoms with Crippen LogP contribution >= 0.6 is 0 Å². The van der Waals surface area contributed by atoms with E-state index in [0.717, 1.165) is 57.3 Å². The van der Waals surface area contributed by atoms with E-state index < -0.39 is 0 Å². The lowest BCUT2D eigenvalue weighted by molar-refractivity contribution is -0.132. The van der Waals surface area contributed by atoms with Gasteiger partial charge in [0, 0.05) is 37.9 Å². The Labute approximate surface area is 178 Å². The Morgan fingerprint density at radius 1 is 1.13 bits per heavy atom. The number of hydrogen-bond donors (Lipinski definition) is 1. The van der Waals surface area contributed by atoms with Gasteiger partial charge in [-0.1, -0.05) is 29.8 Å². The van der Waals surface area contributed by atoms with Crippen molar-refractivity contribution in [3.63, 3.8) is 0 Å². The van der Waals surface area contributed by atoms with Crippen LogP contribution in [0.3, 0.4) is 0 Å². The Kier molecular flexibility index (Phi) is 6.16. The number of piperidine rings is 1. The summed E-state index contributed by atoms with van der Waals surface area (Å²) in [5.74, 6) is 0.532. The van der Waals surface area contributed by atoms with Crippen molar-refractivity contribution in [3.05, 3.63) is 65.5 Å². The number of aryl methyl sites for hydroxylation is 2. The summed E-state index contributed by atoms with van der Waals surface area (Å²) < 4.78 is 0. The summed E-state index contributed by atoms with van der Waals surface area (Å²) in [6, 6.07) is 12.2. The topological polar surface area (TPSA) is 62.3 Å². The number of likely N-dealkylation sites (tertiary alicyclic amines) is 1. The maximum absolute atomic E-state index is 12.7. The Hall–Kier alpha value is -2.69. The fourth-order valence-electron chi connectivity index (χ4n) is 4.76. The molecule has 4 rings (SSSR count). The van der Waals surface area contributed by atoms with Crippen LogP contribution in [0.2, 0.25) is 0 Å². The summed E-state index contributed by atoms with van der Waals surface area (Å²) in [4.78, 5) is 31.2. The molecule has 1 aromatic heterocycles. The van der Waals surface area contributed by atoms with Crippen molar-refractivity contribution in [2.24, 2.45) is 11.3 Å². The molecule has 2 heterocycles. The van der Waals surface area contributed by atoms with Gasteiger partial charge in [0.2, 0.25) is 11.8 Å². The summed E-state index contributed by atoms with van der Waals surface area (Å²) in [5.41, 5.74) is 3.65. The molecule has 2 aromatic rings. The quantitative estimate of drug-likeness (QED) is 0.719. The van der Waals surface area contributed by atoms with E-state index in [0.29, 0.717) is 6.42 Å². The molecule has 30 heavy (non-hydrogen) atoms. The molecule has 1 saturated carbocycles. The second-order valence-electron chi connectivity index (χ2n) is 8.92. The molecule has 1 spiro atoms. The van der Waals surface area contributed by atoms with Gasteiger partial charge < -0.3 is 10.2 Å². The zero-order valence-electron chi connectivity index (χ0n) is 17.8. The predicted octanol–water partition coefficient (Wildman–Crippen LogP) is 3.31. The zero-order valence-corrected chi connectivity index (χ0v) is 17.8. The lowest BCUT2D eigenvalue weighted by atomic mass is 9.90. The number of carbonyl (C=O) groups is 2. The minimum atomic E-state index is 0.132. The number of benzene rings is 1. The maximum atomic E-state index is 12.7. The molecule has 2 amide bonds. The second-order valence-corrected chi connectivity index (χ2v) is 8.92. The van der Waals surface area contributed by atoms with Crippen molar-refractivity contribution in [2.75, 3.05) is 19.6 Å². The van der Waals surface area contributed by atoms with Crippen LogP contribution in [0.1, 0.15) is 42.4 Å². The van der Waals surface area contributed by atoms with Gasteiger partial charge in [-0.25, -0.2) is 0 Å². The lowest BCUT2D eigenvalue weighted by Gasteiger charge is -2.33. The molecule has 2 fully saturated rings. The second kappa shape index (κ2) is 8.99. The SMILES string of the molecule is Cc1cccc(CC(=O)N2CCC3(CC2)C[C@@H]3C(=O)NCCCc2ccncc2)c1. The van der Waals surface area contributed by atoms with Crippen molar-refractivity contribution in [2.45, 2.75) is 45.4 Å². The minimum Gasteiger partial charge on any atom is -0.356 e. The summed E-state index contributed by atoms with van der Waals surface area (Å²) in [6.07, 6.45) is 8.84. The van der Waals surface area contributed by atoms with Crippen LogP contribution in [-0.2, 0) is 22.4 Å². The van der Waals surface area contributed by atoms with Gasteiger partial charge in [-0.15, -0.1) is 0 Å². The van der Waals surface area contributed by atoms with Gasteiger partial charge in [-0.05, 0) is 67.7 Å². The van der Waals surface area contributed by atoms with Crippen LogP contribution in [0, 0.1) is 18.3 Å². The number of nitrogens with zero attached hydrogens (tertiary/aromatic N) is 2. The smallest absolute Gasteiger partial charge is 0.226 e. The average molecular weight is 406 g/mol. The molecule has 1 aliphatic heterocycles. The Morgan fingerprint density at radius 3 is 2.63 bits per heavy atom. The van der Waals surface area contributed by atoms with E-state index in [1.807, 2.05) is 29.2 Å². The number of aromatic nitrogens is 1. The molecule has 5 nitrogen and oxygen atoms in total. The molecule has 0 unspecified atom stereocenters. The first-order valence-corrected chi connectivity index (χ1v) is 11.1. The molecule has 0 bridgehead atoms. The van der Waals surface area contributed by atoms with E-state index in [9.17, 15) is 9.59 Å². The number of pyridine rings is 1. The fraction of sp³-hybridized carbons (Fsp3) is 0.480.